The summed E-state index contributed by atoms with van der Waals surface area (Å²) in [6.45, 7) is 5.33. The number of aryl methyl sites for hydroxylation is 1. The van der Waals surface area contributed by atoms with Crippen molar-refractivity contribution in [1.82, 2.24) is 9.88 Å². The largest absolute Gasteiger partial charge is 0.454 e. The van der Waals surface area contributed by atoms with Gasteiger partial charge in [-0.25, -0.2) is 4.98 Å². The number of aromatic nitrogens is 1. The smallest absolute Gasteiger partial charge is 0.254 e. The first-order chi connectivity index (χ1) is 13.7. The van der Waals surface area contributed by atoms with Gasteiger partial charge in [-0.1, -0.05) is 24.3 Å². The summed E-state index contributed by atoms with van der Waals surface area (Å²) in [6.07, 6.45) is 1.03. The summed E-state index contributed by atoms with van der Waals surface area (Å²) in [5, 5.41) is 1.04. The van der Waals surface area contributed by atoms with Gasteiger partial charge in [0.05, 0.1) is 10.2 Å². The molecule has 0 N–H and O–H groups in total. The minimum absolute atomic E-state index is 0.0369. The molecule has 1 aromatic heterocycles. The second-order valence-corrected chi connectivity index (χ2v) is 8.01. The number of hydrogen-bond donors (Lipinski definition) is 0. The predicted octanol–water partition coefficient (Wildman–Crippen LogP) is 3.55. The Morgan fingerprint density at radius 1 is 1.07 bits per heavy atom. The van der Waals surface area contributed by atoms with Gasteiger partial charge in [0.1, 0.15) is 0 Å². The number of thiazole rings is 1. The molecular formula is C21H21N3O3S. The lowest BCUT2D eigenvalue weighted by molar-refractivity contribution is 0.0746. The van der Waals surface area contributed by atoms with E-state index in [4.69, 9.17) is 14.5 Å². The topological polar surface area (TPSA) is 54.9 Å². The molecule has 0 atom stereocenters. The molecule has 144 valence electrons. The first kappa shape index (κ1) is 17.3. The molecule has 1 amide bonds. The Morgan fingerprint density at radius 2 is 1.89 bits per heavy atom. The third kappa shape index (κ3) is 3.05. The zero-order valence-corrected chi connectivity index (χ0v) is 16.5. The number of anilines is 1. The van der Waals surface area contributed by atoms with Crippen LogP contribution in [-0.2, 0) is 6.42 Å². The van der Waals surface area contributed by atoms with Crippen molar-refractivity contribution in [1.29, 1.82) is 0 Å². The van der Waals surface area contributed by atoms with E-state index < -0.39 is 0 Å². The van der Waals surface area contributed by atoms with Crippen LogP contribution in [0.4, 0.5) is 5.13 Å². The third-order valence-corrected chi connectivity index (χ3v) is 6.39. The molecule has 0 radical (unpaired) electrons. The molecule has 0 bridgehead atoms. The van der Waals surface area contributed by atoms with Crippen molar-refractivity contribution in [2.75, 3.05) is 37.9 Å². The second kappa shape index (κ2) is 6.98. The van der Waals surface area contributed by atoms with Crippen LogP contribution in [0.2, 0.25) is 0 Å². The lowest BCUT2D eigenvalue weighted by Gasteiger charge is -2.34. The van der Waals surface area contributed by atoms with Crippen LogP contribution in [0.25, 0.3) is 10.2 Å². The van der Waals surface area contributed by atoms with Gasteiger partial charge in [-0.05, 0) is 42.3 Å². The molecule has 0 aliphatic carbocycles. The number of carbonyl (C=O) groups is 1. The number of rotatable bonds is 3. The maximum atomic E-state index is 12.9. The minimum atomic E-state index is 0.0369. The van der Waals surface area contributed by atoms with E-state index in [0.717, 1.165) is 30.2 Å². The van der Waals surface area contributed by atoms with E-state index in [1.807, 2.05) is 4.90 Å². The molecule has 2 aliphatic rings. The Hall–Kier alpha value is -2.80. The summed E-state index contributed by atoms with van der Waals surface area (Å²) in [5.74, 6) is 1.38. The first-order valence-electron chi connectivity index (χ1n) is 9.54. The zero-order valence-electron chi connectivity index (χ0n) is 15.7. The highest BCUT2D eigenvalue weighted by molar-refractivity contribution is 7.22. The van der Waals surface area contributed by atoms with Gasteiger partial charge >= 0.3 is 0 Å². The summed E-state index contributed by atoms with van der Waals surface area (Å²) in [7, 11) is 0. The number of benzene rings is 2. The molecule has 1 fully saturated rings. The van der Waals surface area contributed by atoms with Gasteiger partial charge in [0.25, 0.3) is 5.91 Å². The molecule has 3 heterocycles. The summed E-state index contributed by atoms with van der Waals surface area (Å²) in [5.41, 5.74) is 3.03. The average molecular weight is 395 g/mol. The summed E-state index contributed by atoms with van der Waals surface area (Å²) < 4.78 is 11.9. The van der Waals surface area contributed by atoms with Crippen LogP contribution >= 0.6 is 11.3 Å². The summed E-state index contributed by atoms with van der Waals surface area (Å²) in [6, 6.07) is 11.9. The molecule has 0 saturated carbocycles. The highest BCUT2D eigenvalue weighted by Gasteiger charge is 2.25. The van der Waals surface area contributed by atoms with E-state index in [-0.39, 0.29) is 12.7 Å². The van der Waals surface area contributed by atoms with Gasteiger partial charge in [-0.3, -0.25) is 4.79 Å². The van der Waals surface area contributed by atoms with Gasteiger partial charge in [-0.2, -0.15) is 0 Å². The van der Waals surface area contributed by atoms with Crippen molar-refractivity contribution in [3.8, 4) is 11.5 Å². The Labute approximate surface area is 167 Å². The van der Waals surface area contributed by atoms with Crippen LogP contribution in [0.5, 0.6) is 11.5 Å². The highest BCUT2D eigenvalue weighted by Crippen LogP contribution is 2.33. The maximum absolute atomic E-state index is 12.9. The van der Waals surface area contributed by atoms with Crippen LogP contribution in [0.15, 0.2) is 36.4 Å². The van der Waals surface area contributed by atoms with Crippen LogP contribution < -0.4 is 14.4 Å². The van der Waals surface area contributed by atoms with Crippen molar-refractivity contribution in [3.63, 3.8) is 0 Å². The molecule has 1 saturated heterocycles. The Balaban J connectivity index is 1.27. The molecule has 2 aromatic carbocycles. The van der Waals surface area contributed by atoms with E-state index in [1.54, 1.807) is 29.5 Å². The number of ether oxygens (including phenoxy) is 2. The fraction of sp³-hybridized carbons (Fsp3) is 0.333. The van der Waals surface area contributed by atoms with Gasteiger partial charge < -0.3 is 19.3 Å². The fourth-order valence-corrected chi connectivity index (χ4v) is 4.71. The lowest BCUT2D eigenvalue weighted by Crippen LogP contribution is -2.48. The first-order valence-corrected chi connectivity index (χ1v) is 10.4. The maximum Gasteiger partial charge on any atom is 0.254 e. The lowest BCUT2D eigenvalue weighted by atomic mass is 10.1. The Bertz CT molecular complexity index is 1040. The molecule has 5 rings (SSSR count). The number of carbonyl (C=O) groups excluding carboxylic acids is 1. The highest BCUT2D eigenvalue weighted by atomic mass is 32.1. The van der Waals surface area contributed by atoms with Crippen LogP contribution in [0, 0.1) is 0 Å². The van der Waals surface area contributed by atoms with E-state index in [0.29, 0.717) is 30.2 Å². The fourth-order valence-electron chi connectivity index (χ4n) is 3.63. The van der Waals surface area contributed by atoms with Crippen molar-refractivity contribution in [2.24, 2.45) is 0 Å². The van der Waals surface area contributed by atoms with E-state index in [2.05, 4.69) is 30.0 Å². The number of piperazine rings is 1. The molecular weight excluding hydrogens is 374 g/mol. The number of nitrogens with zero attached hydrogens (tertiary/aromatic N) is 3. The molecule has 28 heavy (non-hydrogen) atoms. The molecule has 0 spiro atoms. The van der Waals surface area contributed by atoms with E-state index in [1.165, 1.54) is 10.3 Å². The van der Waals surface area contributed by atoms with Crippen molar-refractivity contribution >= 4 is 32.6 Å². The SMILES string of the molecule is CCc1ccc2nc(N3CCN(C(=O)c4ccc5c(c4)OCO5)CC3)sc2c1. The Kier molecular flexibility index (Phi) is 4.31. The van der Waals surface area contributed by atoms with Gasteiger partial charge in [-0.15, -0.1) is 0 Å². The summed E-state index contributed by atoms with van der Waals surface area (Å²) >= 11 is 1.73. The summed E-state index contributed by atoms with van der Waals surface area (Å²) in [4.78, 5) is 21.8. The molecule has 6 nitrogen and oxygen atoms in total. The van der Waals surface area contributed by atoms with Crippen LogP contribution in [0.1, 0.15) is 22.8 Å². The van der Waals surface area contributed by atoms with Crippen molar-refractivity contribution < 1.29 is 14.3 Å². The van der Waals surface area contributed by atoms with Gasteiger partial charge in [0.2, 0.25) is 6.79 Å². The Morgan fingerprint density at radius 3 is 2.71 bits per heavy atom. The molecule has 0 unspecified atom stereocenters. The van der Waals surface area contributed by atoms with Crippen LogP contribution in [-0.4, -0.2) is 48.8 Å². The molecule has 7 heteroatoms. The monoisotopic (exact) mass is 395 g/mol. The molecule has 2 aliphatic heterocycles. The predicted molar refractivity (Wildman–Crippen MR) is 110 cm³/mol. The van der Waals surface area contributed by atoms with E-state index >= 15 is 0 Å². The second-order valence-electron chi connectivity index (χ2n) is 7.00. The average Bonchev–Trinajstić information content (AvgIpc) is 3.38. The van der Waals surface area contributed by atoms with Crippen molar-refractivity contribution in [3.05, 3.63) is 47.5 Å². The number of amides is 1. The van der Waals surface area contributed by atoms with Gasteiger partial charge in [0, 0.05) is 31.7 Å². The van der Waals surface area contributed by atoms with E-state index in [9.17, 15) is 4.79 Å². The molecule has 3 aromatic rings. The quantitative estimate of drug-likeness (QED) is 0.679. The standard InChI is InChI=1S/C21H21N3O3S/c1-2-14-3-5-16-19(11-14)28-21(22-16)24-9-7-23(8-10-24)20(25)15-4-6-17-18(12-15)27-13-26-17/h3-6,11-12H,2,7-10,13H2,1H3. The normalized spacial score (nSPS) is 16.0. The number of fused-ring (bicyclic) bond motifs is 2. The van der Waals surface area contributed by atoms with Crippen molar-refractivity contribution in [2.45, 2.75) is 13.3 Å². The number of hydrogen-bond acceptors (Lipinski definition) is 6. The zero-order chi connectivity index (χ0) is 19.1. The third-order valence-electron chi connectivity index (χ3n) is 5.31. The van der Waals surface area contributed by atoms with Gasteiger partial charge in [0.15, 0.2) is 16.6 Å². The van der Waals surface area contributed by atoms with Crippen LogP contribution in [0.3, 0.4) is 0 Å². The minimum Gasteiger partial charge on any atom is -0.454 e.